The first-order chi connectivity index (χ1) is 9.24. The molecule has 100 valence electrons. The number of hydrogen-bond donors (Lipinski definition) is 1. The number of aromatic nitrogens is 2. The molecule has 0 unspecified atom stereocenters. The smallest absolute Gasteiger partial charge is 0.244 e. The third kappa shape index (κ3) is 2.76. The minimum Gasteiger partial charge on any atom is -0.337 e. The Balaban J connectivity index is 1.85. The van der Waals surface area contributed by atoms with E-state index in [1.807, 2.05) is 6.07 Å². The van der Waals surface area contributed by atoms with Gasteiger partial charge in [0.2, 0.25) is 11.7 Å². The lowest BCUT2D eigenvalue weighted by molar-refractivity contribution is 0.297. The van der Waals surface area contributed by atoms with E-state index < -0.39 is 0 Å². The predicted octanol–water partition coefficient (Wildman–Crippen LogP) is 3.86. The first-order valence-electron chi connectivity index (χ1n) is 6.26. The van der Waals surface area contributed by atoms with Gasteiger partial charge in [-0.2, -0.15) is 4.98 Å². The molecule has 0 saturated carbocycles. The van der Waals surface area contributed by atoms with Crippen LogP contribution >= 0.6 is 23.2 Å². The van der Waals surface area contributed by atoms with Gasteiger partial charge in [0.25, 0.3) is 0 Å². The first kappa shape index (κ1) is 12.9. The van der Waals surface area contributed by atoms with E-state index in [4.69, 9.17) is 27.7 Å². The standard InChI is InChI=1S/C13H13Cl2N3O/c14-9-5-4-8(7-10(9)15)12-17-13(19-18-12)11-3-1-2-6-16-11/h4-5,7,11,16H,1-3,6H2/t11-/m1/s1. The third-order valence-corrected chi connectivity index (χ3v) is 3.97. The monoisotopic (exact) mass is 297 g/mol. The molecule has 1 aliphatic rings. The van der Waals surface area contributed by atoms with Gasteiger partial charge in [0, 0.05) is 5.56 Å². The lowest BCUT2D eigenvalue weighted by Crippen LogP contribution is -2.26. The average Bonchev–Trinajstić information content (AvgIpc) is 2.93. The zero-order chi connectivity index (χ0) is 13.2. The maximum absolute atomic E-state index is 5.99. The van der Waals surface area contributed by atoms with Crippen molar-refractivity contribution >= 4 is 23.2 Å². The maximum atomic E-state index is 5.99. The van der Waals surface area contributed by atoms with Gasteiger partial charge in [0.05, 0.1) is 16.1 Å². The van der Waals surface area contributed by atoms with Gasteiger partial charge in [-0.3, -0.25) is 0 Å². The summed E-state index contributed by atoms with van der Waals surface area (Å²) in [4.78, 5) is 4.43. The van der Waals surface area contributed by atoms with Gasteiger partial charge in [0.15, 0.2) is 0 Å². The van der Waals surface area contributed by atoms with E-state index in [9.17, 15) is 0 Å². The molecular weight excluding hydrogens is 285 g/mol. The van der Waals surface area contributed by atoms with Crippen molar-refractivity contribution < 1.29 is 4.52 Å². The fourth-order valence-corrected chi connectivity index (χ4v) is 2.49. The van der Waals surface area contributed by atoms with Gasteiger partial charge in [0.1, 0.15) is 0 Å². The molecule has 1 aromatic carbocycles. The number of piperidine rings is 1. The van der Waals surface area contributed by atoms with E-state index in [1.54, 1.807) is 12.1 Å². The number of halogens is 2. The van der Waals surface area contributed by atoms with Gasteiger partial charge in [-0.1, -0.05) is 34.8 Å². The molecule has 0 bridgehead atoms. The van der Waals surface area contributed by atoms with Crippen LogP contribution in [0, 0.1) is 0 Å². The van der Waals surface area contributed by atoms with Gasteiger partial charge in [-0.25, -0.2) is 0 Å². The second kappa shape index (κ2) is 5.49. The van der Waals surface area contributed by atoms with Crippen LogP contribution in [0.15, 0.2) is 22.7 Å². The van der Waals surface area contributed by atoms with E-state index in [2.05, 4.69) is 15.5 Å². The highest BCUT2D eigenvalue weighted by Crippen LogP contribution is 2.28. The van der Waals surface area contributed by atoms with Crippen molar-refractivity contribution in [3.05, 3.63) is 34.1 Å². The first-order valence-corrected chi connectivity index (χ1v) is 7.02. The van der Waals surface area contributed by atoms with Crippen LogP contribution in [0.4, 0.5) is 0 Å². The van der Waals surface area contributed by atoms with E-state index in [-0.39, 0.29) is 6.04 Å². The van der Waals surface area contributed by atoms with Crippen LogP contribution in [0.25, 0.3) is 11.4 Å². The van der Waals surface area contributed by atoms with Gasteiger partial charge in [-0.15, -0.1) is 0 Å². The molecule has 4 nitrogen and oxygen atoms in total. The molecule has 0 amide bonds. The Morgan fingerprint density at radius 2 is 2.11 bits per heavy atom. The molecule has 1 aliphatic heterocycles. The van der Waals surface area contributed by atoms with E-state index in [1.165, 1.54) is 12.8 Å². The number of nitrogens with zero attached hydrogens (tertiary/aromatic N) is 2. The average molecular weight is 298 g/mol. The van der Waals surface area contributed by atoms with Crippen LogP contribution in [0.3, 0.4) is 0 Å². The van der Waals surface area contributed by atoms with Crippen molar-refractivity contribution in [2.45, 2.75) is 25.3 Å². The van der Waals surface area contributed by atoms with Crippen molar-refractivity contribution in [3.8, 4) is 11.4 Å². The second-order valence-corrected chi connectivity index (χ2v) is 5.40. The molecule has 19 heavy (non-hydrogen) atoms. The predicted molar refractivity (Wildman–Crippen MR) is 74.3 cm³/mol. The zero-order valence-corrected chi connectivity index (χ0v) is 11.7. The number of nitrogens with one attached hydrogen (secondary N) is 1. The highest BCUT2D eigenvalue weighted by molar-refractivity contribution is 6.42. The number of rotatable bonds is 2. The second-order valence-electron chi connectivity index (χ2n) is 4.59. The fourth-order valence-electron chi connectivity index (χ4n) is 2.19. The van der Waals surface area contributed by atoms with Crippen molar-refractivity contribution in [2.24, 2.45) is 0 Å². The lowest BCUT2D eigenvalue weighted by atomic mass is 10.1. The Hall–Kier alpha value is -1.10. The summed E-state index contributed by atoms with van der Waals surface area (Å²) in [6.45, 7) is 0.995. The maximum Gasteiger partial charge on any atom is 0.244 e. The quantitative estimate of drug-likeness (QED) is 0.914. The van der Waals surface area contributed by atoms with Crippen LogP contribution in [-0.2, 0) is 0 Å². The molecule has 1 atom stereocenters. The molecule has 0 spiro atoms. The lowest BCUT2D eigenvalue weighted by Gasteiger charge is -2.19. The van der Waals surface area contributed by atoms with Crippen molar-refractivity contribution in [1.29, 1.82) is 0 Å². The molecule has 0 aliphatic carbocycles. The minimum absolute atomic E-state index is 0.165. The van der Waals surface area contributed by atoms with Crippen LogP contribution in [0.2, 0.25) is 10.0 Å². The van der Waals surface area contributed by atoms with Crippen LogP contribution in [0.5, 0.6) is 0 Å². The Kier molecular flexibility index (Phi) is 3.73. The summed E-state index contributed by atoms with van der Waals surface area (Å²) in [5, 5.41) is 8.39. The summed E-state index contributed by atoms with van der Waals surface area (Å²) in [7, 11) is 0. The Bertz CT molecular complexity index is 579. The van der Waals surface area contributed by atoms with Crippen LogP contribution < -0.4 is 5.32 Å². The minimum atomic E-state index is 0.165. The SMILES string of the molecule is Clc1ccc(-c2noc([C@H]3CCCCN3)n2)cc1Cl. The van der Waals surface area contributed by atoms with Crippen molar-refractivity contribution in [3.63, 3.8) is 0 Å². The Morgan fingerprint density at radius 1 is 1.21 bits per heavy atom. The highest BCUT2D eigenvalue weighted by atomic mass is 35.5. The summed E-state index contributed by atoms with van der Waals surface area (Å²) in [6, 6.07) is 5.47. The largest absolute Gasteiger partial charge is 0.337 e. The van der Waals surface area contributed by atoms with E-state index in [0.717, 1.165) is 18.5 Å². The molecule has 1 fully saturated rings. The molecule has 3 rings (SSSR count). The topological polar surface area (TPSA) is 51.0 Å². The zero-order valence-electron chi connectivity index (χ0n) is 10.2. The van der Waals surface area contributed by atoms with Gasteiger partial charge >= 0.3 is 0 Å². The summed E-state index contributed by atoms with van der Waals surface area (Å²) < 4.78 is 5.33. The summed E-state index contributed by atoms with van der Waals surface area (Å²) in [5.74, 6) is 1.18. The highest BCUT2D eigenvalue weighted by Gasteiger charge is 2.21. The molecule has 2 heterocycles. The summed E-state index contributed by atoms with van der Waals surface area (Å²) in [5.41, 5.74) is 0.806. The molecule has 2 aromatic rings. The van der Waals surface area contributed by atoms with Crippen molar-refractivity contribution in [1.82, 2.24) is 15.5 Å². The van der Waals surface area contributed by atoms with E-state index >= 15 is 0 Å². The molecule has 1 saturated heterocycles. The molecule has 6 heteroatoms. The van der Waals surface area contributed by atoms with Crippen LogP contribution in [0.1, 0.15) is 31.2 Å². The normalized spacial score (nSPS) is 19.6. The van der Waals surface area contributed by atoms with Crippen molar-refractivity contribution in [2.75, 3.05) is 6.54 Å². The van der Waals surface area contributed by atoms with Gasteiger partial charge in [-0.05, 0) is 37.6 Å². The number of hydrogen-bond acceptors (Lipinski definition) is 4. The fraction of sp³-hybridized carbons (Fsp3) is 0.385. The molecule has 0 radical (unpaired) electrons. The summed E-state index contributed by atoms with van der Waals surface area (Å²) in [6.07, 6.45) is 3.41. The Morgan fingerprint density at radius 3 is 2.84 bits per heavy atom. The molecule has 1 aromatic heterocycles. The molecule has 1 N–H and O–H groups in total. The molecular formula is C13H13Cl2N3O. The van der Waals surface area contributed by atoms with E-state index in [0.29, 0.717) is 21.8 Å². The third-order valence-electron chi connectivity index (χ3n) is 3.23. The number of benzene rings is 1. The van der Waals surface area contributed by atoms with Crippen LogP contribution in [-0.4, -0.2) is 16.7 Å². The Labute approximate surface area is 121 Å². The summed E-state index contributed by atoms with van der Waals surface area (Å²) >= 11 is 11.9. The van der Waals surface area contributed by atoms with Gasteiger partial charge < -0.3 is 9.84 Å².